The molecule has 6 nitrogen and oxygen atoms in total. The fourth-order valence-corrected chi connectivity index (χ4v) is 9.34. The van der Waals surface area contributed by atoms with Crippen LogP contribution in [0.25, 0.3) is 0 Å². The van der Waals surface area contributed by atoms with Crippen LogP contribution in [0.2, 0.25) is 0 Å². The van der Waals surface area contributed by atoms with Crippen molar-refractivity contribution in [3.05, 3.63) is 36.5 Å². The van der Waals surface area contributed by atoms with Crippen molar-refractivity contribution in [2.45, 2.75) is 348 Å². The molecule has 0 aromatic rings. The first kappa shape index (κ1) is 68.6. The first-order chi connectivity index (χ1) is 35.0. The lowest BCUT2D eigenvalue weighted by Crippen LogP contribution is -2.30. The molecule has 0 bridgehead atoms. The lowest BCUT2D eigenvalue weighted by molar-refractivity contribution is -0.167. The van der Waals surface area contributed by atoms with Crippen molar-refractivity contribution in [2.75, 3.05) is 13.2 Å². The zero-order valence-corrected chi connectivity index (χ0v) is 47.8. The zero-order chi connectivity index (χ0) is 51.4. The molecule has 0 spiro atoms. The Hall–Kier alpha value is -2.37. The Morgan fingerprint density at radius 2 is 0.521 bits per heavy atom. The van der Waals surface area contributed by atoms with E-state index >= 15 is 0 Å². The molecule has 0 saturated heterocycles. The van der Waals surface area contributed by atoms with Crippen LogP contribution in [0.15, 0.2) is 36.5 Å². The van der Waals surface area contributed by atoms with Crippen molar-refractivity contribution >= 4 is 17.9 Å². The molecule has 0 aliphatic heterocycles. The van der Waals surface area contributed by atoms with Gasteiger partial charge in [0.15, 0.2) is 6.10 Å². The van der Waals surface area contributed by atoms with Crippen LogP contribution in [-0.4, -0.2) is 37.2 Å². The Bertz CT molecular complexity index is 1190. The van der Waals surface area contributed by atoms with Gasteiger partial charge in [-0.1, -0.05) is 288 Å². The van der Waals surface area contributed by atoms with Gasteiger partial charge in [-0.25, -0.2) is 0 Å². The van der Waals surface area contributed by atoms with Gasteiger partial charge >= 0.3 is 17.9 Å². The van der Waals surface area contributed by atoms with E-state index in [1.54, 1.807) is 0 Å². The van der Waals surface area contributed by atoms with Crippen LogP contribution in [0.3, 0.4) is 0 Å². The monoisotopic (exact) mass is 997 g/mol. The molecule has 0 aromatic carbocycles. The Labute approximate surface area is 442 Å². The van der Waals surface area contributed by atoms with Gasteiger partial charge in [-0.15, -0.1) is 0 Å². The van der Waals surface area contributed by atoms with Gasteiger partial charge in [0.05, 0.1) is 0 Å². The van der Waals surface area contributed by atoms with Crippen molar-refractivity contribution in [1.82, 2.24) is 0 Å². The summed E-state index contributed by atoms with van der Waals surface area (Å²) in [5.41, 5.74) is 0. The van der Waals surface area contributed by atoms with Crippen molar-refractivity contribution < 1.29 is 28.6 Å². The molecule has 1 unspecified atom stereocenters. The highest BCUT2D eigenvalue weighted by molar-refractivity contribution is 5.71. The largest absolute Gasteiger partial charge is 0.462 e. The van der Waals surface area contributed by atoms with E-state index in [-0.39, 0.29) is 31.1 Å². The highest BCUT2D eigenvalue weighted by atomic mass is 16.6. The van der Waals surface area contributed by atoms with Crippen LogP contribution in [-0.2, 0) is 28.6 Å². The lowest BCUT2D eigenvalue weighted by Gasteiger charge is -2.18. The average Bonchev–Trinajstić information content (AvgIpc) is 3.37. The molecule has 0 radical (unpaired) electrons. The van der Waals surface area contributed by atoms with Crippen LogP contribution in [0.4, 0.5) is 0 Å². The van der Waals surface area contributed by atoms with Crippen LogP contribution in [0, 0.1) is 0 Å². The molecule has 71 heavy (non-hydrogen) atoms. The average molecular weight is 998 g/mol. The summed E-state index contributed by atoms with van der Waals surface area (Å²) in [5.74, 6) is -0.860. The number of rotatable bonds is 58. The van der Waals surface area contributed by atoms with Gasteiger partial charge in [0.1, 0.15) is 13.2 Å². The van der Waals surface area contributed by atoms with Gasteiger partial charge in [-0.3, -0.25) is 14.4 Å². The Morgan fingerprint density at radius 3 is 0.831 bits per heavy atom. The van der Waals surface area contributed by atoms with Gasteiger partial charge < -0.3 is 14.2 Å². The smallest absolute Gasteiger partial charge is 0.306 e. The lowest BCUT2D eigenvalue weighted by atomic mass is 10.0. The Morgan fingerprint density at radius 1 is 0.282 bits per heavy atom. The number of carbonyl (C=O) groups is 3. The molecule has 0 rings (SSSR count). The molecule has 1 atom stereocenters. The predicted octanol–water partition coefficient (Wildman–Crippen LogP) is 21.2. The number of ether oxygens (including phenoxy) is 3. The maximum atomic E-state index is 12.9. The summed E-state index contributed by atoms with van der Waals surface area (Å²) in [4.78, 5) is 38.2. The fourth-order valence-electron chi connectivity index (χ4n) is 9.34. The second kappa shape index (κ2) is 60.2. The van der Waals surface area contributed by atoms with E-state index in [9.17, 15) is 14.4 Å². The Kier molecular flexibility index (Phi) is 58.2. The molecule has 0 saturated carbocycles. The summed E-state index contributed by atoms with van der Waals surface area (Å²) in [7, 11) is 0. The van der Waals surface area contributed by atoms with Crippen molar-refractivity contribution in [2.24, 2.45) is 0 Å². The summed E-state index contributed by atoms with van der Waals surface area (Å²) in [6, 6.07) is 0. The van der Waals surface area contributed by atoms with Crippen molar-refractivity contribution in [1.29, 1.82) is 0 Å². The van der Waals surface area contributed by atoms with Gasteiger partial charge in [-0.05, 0) is 70.6 Å². The third kappa shape index (κ3) is 58.4. The number of hydrogen-bond acceptors (Lipinski definition) is 6. The van der Waals surface area contributed by atoms with Crippen LogP contribution in [0.1, 0.15) is 342 Å². The van der Waals surface area contributed by atoms with E-state index in [2.05, 4.69) is 57.2 Å². The van der Waals surface area contributed by atoms with Crippen LogP contribution < -0.4 is 0 Å². The second-order valence-corrected chi connectivity index (χ2v) is 21.3. The minimum atomic E-state index is -0.771. The summed E-state index contributed by atoms with van der Waals surface area (Å²) in [6.45, 7) is 6.63. The standard InChI is InChI=1S/C65H120O6/c1-4-7-10-13-16-19-22-24-26-27-28-29-30-31-32-33-34-35-36-37-39-40-43-46-49-52-55-58-64(67)70-61-62(60-69-63(66)57-54-51-48-45-42-21-18-15-12-9-6-3)71-65(68)59-56-53-50-47-44-41-38-25-23-20-17-14-11-8-5-2/h15,18,22,24,27-28,62H,4-14,16-17,19-21,23,25-26,29-61H2,1-3H3/b18-15-,24-22-,28-27-. The highest BCUT2D eigenvalue weighted by Gasteiger charge is 2.19. The van der Waals surface area contributed by atoms with Gasteiger partial charge in [0, 0.05) is 19.3 Å². The van der Waals surface area contributed by atoms with Gasteiger partial charge in [0.2, 0.25) is 0 Å². The van der Waals surface area contributed by atoms with Gasteiger partial charge in [-0.2, -0.15) is 0 Å². The first-order valence-electron chi connectivity index (χ1n) is 31.5. The van der Waals surface area contributed by atoms with Crippen LogP contribution >= 0.6 is 0 Å². The third-order valence-corrected chi connectivity index (χ3v) is 14.1. The van der Waals surface area contributed by atoms with E-state index in [0.29, 0.717) is 19.3 Å². The highest BCUT2D eigenvalue weighted by Crippen LogP contribution is 2.17. The fraction of sp³-hybridized carbons (Fsp3) is 0.862. The number of carbonyl (C=O) groups excluding carboxylic acids is 3. The minimum Gasteiger partial charge on any atom is -0.462 e. The maximum Gasteiger partial charge on any atom is 0.306 e. The SMILES string of the molecule is CCCC/C=C\CCCCCCCC(=O)OCC(COC(=O)CCCCCCCCCCCCCCCCC/C=C\C/C=C\CCCCCCC)OC(=O)CCCCCCCCCCCCCCCCC. The number of esters is 3. The summed E-state index contributed by atoms with van der Waals surface area (Å²) < 4.78 is 16.9. The molecule has 0 N–H and O–H groups in total. The molecule has 0 heterocycles. The van der Waals surface area contributed by atoms with E-state index in [0.717, 1.165) is 70.6 Å². The molecule has 0 aliphatic carbocycles. The number of hydrogen-bond donors (Lipinski definition) is 0. The molecule has 6 heteroatoms. The van der Waals surface area contributed by atoms with Crippen molar-refractivity contribution in [3.63, 3.8) is 0 Å². The molecule has 416 valence electrons. The van der Waals surface area contributed by atoms with Crippen molar-refractivity contribution in [3.8, 4) is 0 Å². The molecular formula is C65H120O6. The van der Waals surface area contributed by atoms with Crippen LogP contribution in [0.5, 0.6) is 0 Å². The summed E-state index contributed by atoms with van der Waals surface area (Å²) in [6.07, 6.45) is 73.0. The molecule has 0 aromatic heterocycles. The second-order valence-electron chi connectivity index (χ2n) is 21.3. The molecule has 0 aliphatic rings. The van der Waals surface area contributed by atoms with E-state index in [1.165, 1.54) is 231 Å². The maximum absolute atomic E-state index is 12.9. The number of allylic oxidation sites excluding steroid dienone is 6. The van der Waals surface area contributed by atoms with E-state index in [4.69, 9.17) is 14.2 Å². The van der Waals surface area contributed by atoms with E-state index < -0.39 is 6.10 Å². The minimum absolute atomic E-state index is 0.0702. The molecule has 0 amide bonds. The van der Waals surface area contributed by atoms with E-state index in [1.807, 2.05) is 0 Å². The molecule has 0 fully saturated rings. The van der Waals surface area contributed by atoms with Gasteiger partial charge in [0.25, 0.3) is 0 Å². The first-order valence-corrected chi connectivity index (χ1v) is 31.5. The quantitative estimate of drug-likeness (QED) is 0.0261. The Balaban J connectivity index is 4.16. The molecular weight excluding hydrogens is 877 g/mol. The summed E-state index contributed by atoms with van der Waals surface area (Å²) in [5, 5.41) is 0. The number of unbranched alkanes of at least 4 members (excludes halogenated alkanes) is 41. The predicted molar refractivity (Wildman–Crippen MR) is 307 cm³/mol. The zero-order valence-electron chi connectivity index (χ0n) is 47.8. The summed E-state index contributed by atoms with van der Waals surface area (Å²) >= 11 is 0. The topological polar surface area (TPSA) is 78.9 Å². The normalized spacial score (nSPS) is 12.2. The third-order valence-electron chi connectivity index (χ3n) is 14.1.